The molecule has 0 bridgehead atoms. The molecule has 0 aromatic heterocycles. The number of piperidine rings is 1. The number of amides is 1. The number of hydrogen-bond donors (Lipinski definition) is 1. The number of hydrogen-bond acceptors (Lipinski definition) is 5. The Morgan fingerprint density at radius 2 is 1.64 bits per heavy atom. The first-order valence-corrected chi connectivity index (χ1v) is 13.1. The third-order valence-corrected chi connectivity index (χ3v) is 8.30. The summed E-state index contributed by atoms with van der Waals surface area (Å²) in [4.78, 5) is 12.1. The zero-order valence-electron chi connectivity index (χ0n) is 16.4. The first kappa shape index (κ1) is 22.8. The summed E-state index contributed by atoms with van der Waals surface area (Å²) in [5.41, 5.74) is 0.717. The molecule has 2 rings (SSSR count). The van der Waals surface area contributed by atoms with E-state index in [-0.39, 0.29) is 17.2 Å². The molecule has 1 saturated heterocycles. The standard InChI is InChI=1S/C19H30N2O5S2/c1-2-3-7-14-27(23,24)16-19(22)20-15-17-8-10-18(11-9-17)28(25,26)21-12-5-4-6-13-21/h8-11H,2-7,12-16H2,1H3,(H,20,22). The van der Waals surface area contributed by atoms with Crippen LogP contribution in [0.1, 0.15) is 51.0 Å². The number of sulfonamides is 1. The summed E-state index contributed by atoms with van der Waals surface area (Å²) in [6, 6.07) is 6.36. The Hall–Kier alpha value is -1.45. The van der Waals surface area contributed by atoms with Gasteiger partial charge in [0.1, 0.15) is 5.75 Å². The van der Waals surface area contributed by atoms with E-state index in [0.717, 1.165) is 32.1 Å². The summed E-state index contributed by atoms with van der Waals surface area (Å²) in [7, 11) is -6.87. The number of sulfone groups is 1. The Morgan fingerprint density at radius 3 is 2.25 bits per heavy atom. The monoisotopic (exact) mass is 430 g/mol. The van der Waals surface area contributed by atoms with Crippen LogP contribution in [0.2, 0.25) is 0 Å². The van der Waals surface area contributed by atoms with Crippen LogP contribution in [-0.2, 0) is 31.2 Å². The second-order valence-corrected chi connectivity index (χ2v) is 11.3. The summed E-state index contributed by atoms with van der Waals surface area (Å²) in [6.45, 7) is 3.25. The fraction of sp³-hybridized carbons (Fsp3) is 0.632. The SMILES string of the molecule is CCCCCS(=O)(=O)CC(=O)NCc1ccc(S(=O)(=O)N2CCCCC2)cc1. The summed E-state index contributed by atoms with van der Waals surface area (Å²) in [5.74, 6) is -1.03. The van der Waals surface area contributed by atoms with Crippen molar-refractivity contribution < 1.29 is 21.6 Å². The molecule has 28 heavy (non-hydrogen) atoms. The molecular weight excluding hydrogens is 400 g/mol. The highest BCUT2D eigenvalue weighted by Crippen LogP contribution is 2.20. The molecule has 0 atom stereocenters. The molecule has 158 valence electrons. The predicted molar refractivity (Wildman–Crippen MR) is 109 cm³/mol. The molecule has 0 spiro atoms. The van der Waals surface area contributed by atoms with Crippen LogP contribution < -0.4 is 5.32 Å². The van der Waals surface area contributed by atoms with Gasteiger partial charge in [-0.2, -0.15) is 4.31 Å². The van der Waals surface area contributed by atoms with E-state index in [1.54, 1.807) is 12.1 Å². The maximum Gasteiger partial charge on any atom is 0.243 e. The molecule has 7 nitrogen and oxygen atoms in total. The minimum absolute atomic E-state index is 0.0251. The number of nitrogens with zero attached hydrogens (tertiary/aromatic N) is 1. The molecule has 1 amide bonds. The lowest BCUT2D eigenvalue weighted by molar-refractivity contribution is -0.118. The van der Waals surface area contributed by atoms with E-state index in [1.807, 2.05) is 6.92 Å². The quantitative estimate of drug-likeness (QED) is 0.573. The number of carbonyl (C=O) groups is 1. The Labute approximate surface area is 168 Å². The summed E-state index contributed by atoms with van der Waals surface area (Å²) < 4.78 is 50.5. The van der Waals surface area contributed by atoms with Gasteiger partial charge in [0, 0.05) is 19.6 Å². The molecule has 0 aliphatic carbocycles. The van der Waals surface area contributed by atoms with Crippen molar-refractivity contribution in [2.24, 2.45) is 0 Å². The largest absolute Gasteiger partial charge is 0.351 e. The van der Waals surface area contributed by atoms with Crippen molar-refractivity contribution in [2.75, 3.05) is 24.6 Å². The van der Waals surface area contributed by atoms with Crippen LogP contribution in [0.4, 0.5) is 0 Å². The molecule has 1 aliphatic rings. The summed E-state index contributed by atoms with van der Waals surface area (Å²) in [5, 5.41) is 2.59. The van der Waals surface area contributed by atoms with Crippen LogP contribution in [0.15, 0.2) is 29.2 Å². The van der Waals surface area contributed by atoms with Gasteiger partial charge in [0.15, 0.2) is 9.84 Å². The van der Waals surface area contributed by atoms with Gasteiger partial charge in [-0.1, -0.05) is 38.3 Å². The van der Waals surface area contributed by atoms with Crippen LogP contribution in [0.3, 0.4) is 0 Å². The second kappa shape index (κ2) is 10.4. The van der Waals surface area contributed by atoms with Crippen molar-refractivity contribution in [3.05, 3.63) is 29.8 Å². The molecular formula is C19H30N2O5S2. The fourth-order valence-electron chi connectivity index (χ4n) is 3.13. The average Bonchev–Trinajstić information content (AvgIpc) is 2.67. The van der Waals surface area contributed by atoms with Crippen molar-refractivity contribution >= 4 is 25.8 Å². The van der Waals surface area contributed by atoms with E-state index in [9.17, 15) is 21.6 Å². The fourth-order valence-corrected chi connectivity index (χ4v) is 5.94. The Morgan fingerprint density at radius 1 is 1.00 bits per heavy atom. The molecule has 1 aliphatic heterocycles. The zero-order valence-corrected chi connectivity index (χ0v) is 18.0. The lowest BCUT2D eigenvalue weighted by Gasteiger charge is -2.25. The van der Waals surface area contributed by atoms with Gasteiger partial charge in [0.25, 0.3) is 0 Å². The number of unbranched alkanes of at least 4 members (excludes halogenated alkanes) is 2. The average molecular weight is 431 g/mol. The van der Waals surface area contributed by atoms with Crippen LogP contribution in [-0.4, -0.2) is 51.6 Å². The smallest absolute Gasteiger partial charge is 0.243 e. The van der Waals surface area contributed by atoms with E-state index >= 15 is 0 Å². The predicted octanol–water partition coefficient (Wildman–Crippen LogP) is 2.08. The topological polar surface area (TPSA) is 101 Å². The Bertz CT molecular complexity index is 843. The molecule has 1 heterocycles. The number of carbonyl (C=O) groups excluding carboxylic acids is 1. The van der Waals surface area contributed by atoms with Gasteiger partial charge in [0.2, 0.25) is 15.9 Å². The van der Waals surface area contributed by atoms with Gasteiger partial charge < -0.3 is 5.32 Å². The van der Waals surface area contributed by atoms with Crippen molar-refractivity contribution in [1.29, 1.82) is 0 Å². The van der Waals surface area contributed by atoms with Gasteiger partial charge in [-0.3, -0.25) is 4.79 Å². The van der Waals surface area contributed by atoms with Crippen LogP contribution in [0, 0.1) is 0 Å². The third-order valence-electron chi connectivity index (χ3n) is 4.78. The Kier molecular flexibility index (Phi) is 8.45. The molecule has 1 aromatic rings. The second-order valence-electron chi connectivity index (χ2n) is 7.18. The highest BCUT2D eigenvalue weighted by molar-refractivity contribution is 7.92. The van der Waals surface area contributed by atoms with Gasteiger partial charge in [-0.05, 0) is 37.0 Å². The van der Waals surface area contributed by atoms with Crippen molar-refractivity contribution in [3.8, 4) is 0 Å². The van der Waals surface area contributed by atoms with Gasteiger partial charge in [-0.25, -0.2) is 16.8 Å². The normalized spacial score (nSPS) is 16.0. The summed E-state index contributed by atoms with van der Waals surface area (Å²) in [6.07, 6.45) is 5.13. The highest BCUT2D eigenvalue weighted by atomic mass is 32.2. The maximum atomic E-state index is 12.6. The van der Waals surface area contributed by atoms with Gasteiger partial charge in [0.05, 0.1) is 10.6 Å². The Balaban J connectivity index is 1.87. The van der Waals surface area contributed by atoms with Crippen LogP contribution in [0.5, 0.6) is 0 Å². The number of nitrogens with one attached hydrogen (secondary N) is 1. The third kappa shape index (κ3) is 6.86. The van der Waals surface area contributed by atoms with Gasteiger partial charge in [-0.15, -0.1) is 0 Å². The zero-order chi connectivity index (χ0) is 20.6. The van der Waals surface area contributed by atoms with Crippen molar-refractivity contribution in [1.82, 2.24) is 9.62 Å². The van der Waals surface area contributed by atoms with Crippen molar-refractivity contribution in [3.63, 3.8) is 0 Å². The number of benzene rings is 1. The molecule has 9 heteroatoms. The van der Waals surface area contributed by atoms with E-state index < -0.39 is 31.5 Å². The molecule has 1 N–H and O–H groups in total. The van der Waals surface area contributed by atoms with Gasteiger partial charge >= 0.3 is 0 Å². The minimum atomic E-state index is -3.48. The lowest BCUT2D eigenvalue weighted by Crippen LogP contribution is -2.35. The first-order valence-electron chi connectivity index (χ1n) is 9.81. The molecule has 1 aromatic carbocycles. The minimum Gasteiger partial charge on any atom is -0.351 e. The molecule has 0 unspecified atom stereocenters. The van der Waals surface area contributed by atoms with E-state index in [4.69, 9.17) is 0 Å². The van der Waals surface area contributed by atoms with Crippen LogP contribution in [0.25, 0.3) is 0 Å². The van der Waals surface area contributed by atoms with E-state index in [0.29, 0.717) is 25.1 Å². The molecule has 0 saturated carbocycles. The molecule has 1 fully saturated rings. The maximum absolute atomic E-state index is 12.6. The van der Waals surface area contributed by atoms with Crippen LogP contribution >= 0.6 is 0 Å². The lowest BCUT2D eigenvalue weighted by atomic mass is 10.2. The molecule has 0 radical (unpaired) electrons. The summed E-state index contributed by atoms with van der Waals surface area (Å²) >= 11 is 0. The first-order chi connectivity index (χ1) is 13.2. The van der Waals surface area contributed by atoms with E-state index in [1.165, 1.54) is 16.4 Å². The van der Waals surface area contributed by atoms with Crippen molar-refractivity contribution in [2.45, 2.75) is 56.9 Å². The highest BCUT2D eigenvalue weighted by Gasteiger charge is 2.25. The van der Waals surface area contributed by atoms with E-state index in [2.05, 4.69) is 5.32 Å². The number of rotatable bonds is 10.